The molecule has 0 N–H and O–H groups in total. The minimum absolute atomic E-state index is 0.179. The molecule has 1 saturated heterocycles. The van der Waals surface area contributed by atoms with E-state index in [0.29, 0.717) is 23.8 Å². The minimum atomic E-state index is -4.39. The first-order valence-electron chi connectivity index (χ1n) is 15.9. The average molecular weight is 649 g/mol. The van der Waals surface area contributed by atoms with Crippen molar-refractivity contribution < 1.29 is 13.2 Å². The summed E-state index contributed by atoms with van der Waals surface area (Å²) in [7, 11) is 2.03. The van der Waals surface area contributed by atoms with Gasteiger partial charge in [0.1, 0.15) is 5.65 Å². The Morgan fingerprint density at radius 3 is 2.23 bits per heavy atom. The number of alkyl halides is 3. The number of rotatable bonds is 9. The van der Waals surface area contributed by atoms with Crippen molar-refractivity contribution >= 4 is 23.0 Å². The zero-order chi connectivity index (χ0) is 33.1. The van der Waals surface area contributed by atoms with Gasteiger partial charge in [0.25, 0.3) is 0 Å². The summed E-state index contributed by atoms with van der Waals surface area (Å²) in [5.74, 6) is 0.564. The number of likely N-dealkylation sites (tertiary alicyclic amines) is 1. The molecule has 4 aromatic heterocycles. The molecule has 48 heavy (non-hydrogen) atoms. The summed E-state index contributed by atoms with van der Waals surface area (Å²) in [6, 6.07) is 23.7. The van der Waals surface area contributed by atoms with Gasteiger partial charge in [-0.25, -0.2) is 15.0 Å². The van der Waals surface area contributed by atoms with Crippen LogP contribution in [0.25, 0.3) is 16.9 Å². The maximum atomic E-state index is 13.2. The van der Waals surface area contributed by atoms with Crippen LogP contribution in [0.4, 0.5) is 30.5 Å². The van der Waals surface area contributed by atoms with E-state index in [1.54, 1.807) is 30.9 Å². The Hall–Kier alpha value is -5.29. The third kappa shape index (κ3) is 7.01. The normalized spacial score (nSPS) is 14.3. The molecule has 2 aromatic carbocycles. The van der Waals surface area contributed by atoms with Crippen molar-refractivity contribution in [3.05, 3.63) is 133 Å². The van der Waals surface area contributed by atoms with Crippen LogP contribution in [-0.4, -0.2) is 55.4 Å². The molecule has 1 fully saturated rings. The fourth-order valence-electron chi connectivity index (χ4n) is 6.28. The lowest BCUT2D eigenvalue weighted by Gasteiger charge is -2.39. The number of halogens is 3. The number of hydrogen-bond donors (Lipinski definition) is 0. The SMILES string of the molecule is CN(c1ccncc1)c1ccc(CN(c2nccc(-c3ccc(C(F)(F)F)cc3)n2)C2CCN(Cc3ccn4ccnc4c3)CC2)cc1. The van der Waals surface area contributed by atoms with Gasteiger partial charge in [-0.2, -0.15) is 13.2 Å². The number of anilines is 3. The highest BCUT2D eigenvalue weighted by atomic mass is 19.4. The zero-order valence-electron chi connectivity index (χ0n) is 26.5. The summed E-state index contributed by atoms with van der Waals surface area (Å²) in [4.78, 5) is 25.0. The van der Waals surface area contributed by atoms with Gasteiger partial charge in [-0.05, 0) is 78.6 Å². The molecule has 0 bridgehead atoms. The summed E-state index contributed by atoms with van der Waals surface area (Å²) < 4.78 is 41.7. The minimum Gasteiger partial charge on any atom is -0.345 e. The fourth-order valence-corrected chi connectivity index (χ4v) is 6.28. The lowest BCUT2D eigenvalue weighted by atomic mass is 10.0. The van der Waals surface area contributed by atoms with Gasteiger partial charge in [-0.3, -0.25) is 9.88 Å². The van der Waals surface area contributed by atoms with Gasteiger partial charge in [-0.1, -0.05) is 24.3 Å². The Balaban J connectivity index is 1.12. The smallest absolute Gasteiger partial charge is 0.345 e. The third-order valence-corrected chi connectivity index (χ3v) is 9.00. The lowest BCUT2D eigenvalue weighted by Crippen LogP contribution is -2.45. The monoisotopic (exact) mass is 648 g/mol. The first kappa shape index (κ1) is 31.3. The molecule has 0 atom stereocenters. The summed E-state index contributed by atoms with van der Waals surface area (Å²) in [6.45, 7) is 3.27. The number of imidazole rings is 1. The molecule has 1 aliphatic heterocycles. The molecule has 0 unspecified atom stereocenters. The predicted octanol–water partition coefficient (Wildman–Crippen LogP) is 7.64. The molecule has 0 amide bonds. The quantitative estimate of drug-likeness (QED) is 0.160. The number of hydrogen-bond acceptors (Lipinski definition) is 7. The molecule has 0 spiro atoms. The number of aromatic nitrogens is 5. The number of piperidine rings is 1. The van der Waals surface area contributed by atoms with E-state index < -0.39 is 11.7 Å². The molecule has 8 nitrogen and oxygen atoms in total. The van der Waals surface area contributed by atoms with Crippen molar-refractivity contribution in [3.8, 4) is 11.3 Å². The van der Waals surface area contributed by atoms with Gasteiger partial charge in [0.15, 0.2) is 0 Å². The van der Waals surface area contributed by atoms with Crippen LogP contribution in [0, 0.1) is 0 Å². The van der Waals surface area contributed by atoms with Crippen LogP contribution < -0.4 is 9.80 Å². The van der Waals surface area contributed by atoms with E-state index in [0.717, 1.165) is 67.2 Å². The number of benzene rings is 2. The highest BCUT2D eigenvalue weighted by Crippen LogP contribution is 2.32. The Bertz CT molecular complexity index is 1950. The summed E-state index contributed by atoms with van der Waals surface area (Å²) in [6.07, 6.45) is 8.49. The van der Waals surface area contributed by atoms with E-state index in [2.05, 4.69) is 66.0 Å². The second-order valence-corrected chi connectivity index (χ2v) is 12.1. The van der Waals surface area contributed by atoms with Crippen LogP contribution in [0.2, 0.25) is 0 Å². The topological polar surface area (TPSA) is 65.7 Å². The largest absolute Gasteiger partial charge is 0.416 e. The maximum Gasteiger partial charge on any atom is 0.416 e. The first-order valence-corrected chi connectivity index (χ1v) is 15.9. The van der Waals surface area contributed by atoms with Crippen molar-refractivity contribution in [1.29, 1.82) is 0 Å². The molecular formula is C37H35F3N8. The van der Waals surface area contributed by atoms with Gasteiger partial charge >= 0.3 is 6.18 Å². The Morgan fingerprint density at radius 2 is 1.50 bits per heavy atom. The molecule has 0 aliphatic carbocycles. The fraction of sp³-hybridized carbons (Fsp3) is 0.243. The van der Waals surface area contributed by atoms with Crippen LogP contribution in [0.5, 0.6) is 0 Å². The third-order valence-electron chi connectivity index (χ3n) is 9.00. The van der Waals surface area contributed by atoms with Gasteiger partial charge in [0.05, 0.1) is 11.3 Å². The highest BCUT2D eigenvalue weighted by Gasteiger charge is 2.30. The van der Waals surface area contributed by atoms with Crippen molar-refractivity contribution in [1.82, 2.24) is 29.2 Å². The number of nitrogens with zero attached hydrogens (tertiary/aromatic N) is 8. The molecular weight excluding hydrogens is 613 g/mol. The van der Waals surface area contributed by atoms with Crippen molar-refractivity contribution in [2.75, 3.05) is 29.9 Å². The van der Waals surface area contributed by atoms with E-state index in [1.807, 2.05) is 36.0 Å². The molecule has 7 rings (SSSR count). The molecule has 11 heteroatoms. The molecule has 244 valence electrons. The Kier molecular flexibility index (Phi) is 8.77. The van der Waals surface area contributed by atoms with Gasteiger partial charge < -0.3 is 14.2 Å². The average Bonchev–Trinajstić information content (AvgIpc) is 3.59. The van der Waals surface area contributed by atoms with E-state index in [4.69, 9.17) is 4.98 Å². The van der Waals surface area contributed by atoms with Crippen LogP contribution in [0.1, 0.15) is 29.5 Å². The second kappa shape index (κ2) is 13.4. The van der Waals surface area contributed by atoms with Crippen molar-refractivity contribution in [3.63, 3.8) is 0 Å². The number of pyridine rings is 2. The zero-order valence-corrected chi connectivity index (χ0v) is 26.5. The van der Waals surface area contributed by atoms with E-state index in [1.165, 1.54) is 17.7 Å². The van der Waals surface area contributed by atoms with E-state index in [9.17, 15) is 13.2 Å². The van der Waals surface area contributed by atoms with Crippen LogP contribution >= 0.6 is 0 Å². The highest BCUT2D eigenvalue weighted by molar-refractivity contribution is 5.63. The van der Waals surface area contributed by atoms with Crippen LogP contribution in [0.3, 0.4) is 0 Å². The number of fused-ring (bicyclic) bond motifs is 1. The standard InChI is InChI=1S/C37H35F3N8/c1-45(32-10-16-41-17-11-32)31-8-2-27(3-9-31)26-48(36-43-18-12-34(44-36)29-4-6-30(7-5-29)37(38,39)40)33-14-20-46(21-15-33)25-28-13-22-47-23-19-42-35(47)24-28/h2-13,16-19,22-24,33H,14-15,20-21,25-26H2,1H3. The first-order chi connectivity index (χ1) is 23.3. The van der Waals surface area contributed by atoms with Gasteiger partial charge in [0.2, 0.25) is 5.95 Å². The van der Waals surface area contributed by atoms with Gasteiger partial charge in [-0.15, -0.1) is 0 Å². The lowest BCUT2D eigenvalue weighted by molar-refractivity contribution is -0.137. The van der Waals surface area contributed by atoms with Crippen molar-refractivity contribution in [2.45, 2.75) is 38.1 Å². The molecule has 0 saturated carbocycles. The Morgan fingerprint density at radius 1 is 0.771 bits per heavy atom. The summed E-state index contributed by atoms with van der Waals surface area (Å²) in [5, 5.41) is 0. The molecule has 1 aliphatic rings. The molecule has 6 aromatic rings. The molecule has 5 heterocycles. The van der Waals surface area contributed by atoms with Gasteiger partial charge in [0, 0.05) is 93.4 Å². The Labute approximate surface area is 277 Å². The predicted molar refractivity (Wildman–Crippen MR) is 181 cm³/mol. The van der Waals surface area contributed by atoms with E-state index in [-0.39, 0.29) is 6.04 Å². The maximum absolute atomic E-state index is 13.2. The summed E-state index contributed by atoms with van der Waals surface area (Å²) in [5.41, 5.74) is 5.89. The van der Waals surface area contributed by atoms with Crippen LogP contribution in [0.15, 0.2) is 116 Å². The van der Waals surface area contributed by atoms with E-state index >= 15 is 0 Å². The van der Waals surface area contributed by atoms with Crippen molar-refractivity contribution in [2.24, 2.45) is 0 Å². The second-order valence-electron chi connectivity index (χ2n) is 12.1. The molecule has 0 radical (unpaired) electrons. The summed E-state index contributed by atoms with van der Waals surface area (Å²) >= 11 is 0. The van der Waals surface area contributed by atoms with Crippen LogP contribution in [-0.2, 0) is 19.3 Å².